The maximum Gasteiger partial charge on any atom is 0.224 e. The second-order valence-electron chi connectivity index (χ2n) is 7.02. The van der Waals surface area contributed by atoms with Crippen molar-refractivity contribution in [3.63, 3.8) is 0 Å². The van der Waals surface area contributed by atoms with Crippen LogP contribution in [-0.2, 0) is 5.41 Å². The van der Waals surface area contributed by atoms with Gasteiger partial charge in [0.05, 0.1) is 24.1 Å². The summed E-state index contributed by atoms with van der Waals surface area (Å²) in [6.45, 7) is 7.78. The van der Waals surface area contributed by atoms with Crippen molar-refractivity contribution in [2.24, 2.45) is 0 Å². The van der Waals surface area contributed by atoms with Crippen LogP contribution in [0.25, 0.3) is 10.9 Å². The van der Waals surface area contributed by atoms with Crippen LogP contribution >= 0.6 is 0 Å². The summed E-state index contributed by atoms with van der Waals surface area (Å²) in [4.78, 5) is 8.46. The molecule has 1 heterocycles. The normalized spacial score (nSPS) is 11.5. The van der Waals surface area contributed by atoms with Crippen LogP contribution in [0.5, 0.6) is 11.6 Å². The zero-order valence-electron chi connectivity index (χ0n) is 15.0. The smallest absolute Gasteiger partial charge is 0.224 e. The van der Waals surface area contributed by atoms with Crippen molar-refractivity contribution < 1.29 is 9.47 Å². The van der Waals surface area contributed by atoms with Crippen LogP contribution in [0.3, 0.4) is 0 Å². The molecule has 0 aliphatic carbocycles. The lowest BCUT2D eigenvalue weighted by Gasteiger charge is -2.19. The van der Waals surface area contributed by atoms with Crippen molar-refractivity contribution in [2.45, 2.75) is 32.6 Å². The van der Waals surface area contributed by atoms with E-state index in [4.69, 9.17) is 9.47 Å². The van der Waals surface area contributed by atoms with E-state index < -0.39 is 0 Å². The number of nitrogens with zero attached hydrogens (tertiary/aromatic N) is 2. The third-order valence-electron chi connectivity index (χ3n) is 4.02. The van der Waals surface area contributed by atoms with E-state index in [9.17, 15) is 0 Å². The first kappa shape index (κ1) is 17.2. The Morgan fingerprint density at radius 2 is 1.56 bits per heavy atom. The highest BCUT2D eigenvalue weighted by Crippen LogP contribution is 2.24. The van der Waals surface area contributed by atoms with Gasteiger partial charge in [-0.2, -0.15) is 0 Å². The molecule has 3 aromatic rings. The second kappa shape index (κ2) is 7.51. The van der Waals surface area contributed by atoms with Crippen LogP contribution in [0.2, 0.25) is 0 Å². The molecule has 3 rings (SSSR count). The number of rotatable bonds is 6. The standard InChI is InChI=1S/C21H24N2O2/c1-21(2,3)16-9-11-17(12-10-16)24-13-6-14-25-20-18-7-4-5-8-19(18)22-15-23-20/h4-5,7-12,15H,6,13-14H2,1-3H3. The predicted molar refractivity (Wildman–Crippen MR) is 100 cm³/mol. The Labute approximate surface area is 148 Å². The van der Waals surface area contributed by atoms with Crippen LogP contribution in [0.1, 0.15) is 32.8 Å². The molecule has 0 aliphatic heterocycles. The fourth-order valence-electron chi connectivity index (χ4n) is 2.56. The number of hydrogen-bond donors (Lipinski definition) is 0. The quantitative estimate of drug-likeness (QED) is 0.608. The molecule has 0 bridgehead atoms. The van der Waals surface area contributed by atoms with Crippen LogP contribution in [0.4, 0.5) is 0 Å². The van der Waals surface area contributed by atoms with Crippen molar-refractivity contribution in [1.82, 2.24) is 9.97 Å². The molecule has 0 unspecified atom stereocenters. The lowest BCUT2D eigenvalue weighted by Crippen LogP contribution is -2.10. The summed E-state index contributed by atoms with van der Waals surface area (Å²) < 4.78 is 11.6. The van der Waals surface area contributed by atoms with E-state index >= 15 is 0 Å². The lowest BCUT2D eigenvalue weighted by atomic mass is 9.87. The van der Waals surface area contributed by atoms with Crippen LogP contribution in [0.15, 0.2) is 54.9 Å². The van der Waals surface area contributed by atoms with Gasteiger partial charge in [-0.3, -0.25) is 0 Å². The van der Waals surface area contributed by atoms with E-state index in [0.717, 1.165) is 23.1 Å². The molecule has 4 heteroatoms. The maximum absolute atomic E-state index is 5.79. The van der Waals surface area contributed by atoms with Gasteiger partial charge in [0.2, 0.25) is 5.88 Å². The summed E-state index contributed by atoms with van der Waals surface area (Å²) in [6, 6.07) is 16.1. The molecule has 0 fully saturated rings. The summed E-state index contributed by atoms with van der Waals surface area (Å²) in [7, 11) is 0. The fraction of sp³-hybridized carbons (Fsp3) is 0.333. The number of fused-ring (bicyclic) bond motifs is 1. The van der Waals surface area contributed by atoms with E-state index in [1.165, 1.54) is 11.9 Å². The molecule has 0 atom stereocenters. The number of aromatic nitrogens is 2. The monoisotopic (exact) mass is 336 g/mol. The van der Waals surface area contributed by atoms with E-state index in [0.29, 0.717) is 19.1 Å². The Kier molecular flexibility index (Phi) is 5.17. The maximum atomic E-state index is 5.79. The van der Waals surface area contributed by atoms with Gasteiger partial charge in [-0.15, -0.1) is 0 Å². The average Bonchev–Trinajstić information content (AvgIpc) is 2.61. The molecule has 0 radical (unpaired) electrons. The van der Waals surface area contributed by atoms with Crippen molar-refractivity contribution >= 4 is 10.9 Å². The highest BCUT2D eigenvalue weighted by atomic mass is 16.5. The van der Waals surface area contributed by atoms with Gasteiger partial charge >= 0.3 is 0 Å². The minimum Gasteiger partial charge on any atom is -0.493 e. The molecule has 25 heavy (non-hydrogen) atoms. The molecule has 0 N–H and O–H groups in total. The minimum absolute atomic E-state index is 0.159. The first-order valence-corrected chi connectivity index (χ1v) is 8.60. The van der Waals surface area contributed by atoms with Crippen molar-refractivity contribution in [3.8, 4) is 11.6 Å². The van der Waals surface area contributed by atoms with Gasteiger partial charge in [0, 0.05) is 6.42 Å². The highest BCUT2D eigenvalue weighted by Gasteiger charge is 2.12. The second-order valence-corrected chi connectivity index (χ2v) is 7.02. The van der Waals surface area contributed by atoms with Gasteiger partial charge in [-0.1, -0.05) is 45.0 Å². The third kappa shape index (κ3) is 4.47. The Hall–Kier alpha value is -2.62. The Morgan fingerprint density at radius 3 is 2.32 bits per heavy atom. The Bertz CT molecular complexity index is 818. The summed E-state index contributed by atoms with van der Waals surface area (Å²) in [6.07, 6.45) is 2.32. The molecule has 0 saturated carbocycles. The van der Waals surface area contributed by atoms with E-state index in [2.05, 4.69) is 42.9 Å². The molecule has 0 spiro atoms. The predicted octanol–water partition coefficient (Wildman–Crippen LogP) is 4.78. The average molecular weight is 336 g/mol. The molecular formula is C21H24N2O2. The first-order valence-electron chi connectivity index (χ1n) is 8.60. The third-order valence-corrected chi connectivity index (χ3v) is 4.02. The summed E-state index contributed by atoms with van der Waals surface area (Å²) in [5.74, 6) is 1.51. The van der Waals surface area contributed by atoms with E-state index in [1.54, 1.807) is 0 Å². The number of hydrogen-bond acceptors (Lipinski definition) is 4. The van der Waals surface area contributed by atoms with Gasteiger partial charge in [-0.05, 0) is 35.2 Å². The SMILES string of the molecule is CC(C)(C)c1ccc(OCCCOc2ncnc3ccccc23)cc1. The molecule has 4 nitrogen and oxygen atoms in total. The Morgan fingerprint density at radius 1 is 0.840 bits per heavy atom. The number of ether oxygens (including phenoxy) is 2. The molecule has 0 aliphatic rings. The highest BCUT2D eigenvalue weighted by molar-refractivity contribution is 5.82. The molecule has 1 aromatic heterocycles. The van der Waals surface area contributed by atoms with Gasteiger partial charge < -0.3 is 9.47 Å². The topological polar surface area (TPSA) is 44.2 Å². The molecular weight excluding hydrogens is 312 g/mol. The molecule has 130 valence electrons. The lowest BCUT2D eigenvalue weighted by molar-refractivity contribution is 0.244. The fourth-order valence-corrected chi connectivity index (χ4v) is 2.56. The van der Waals surface area contributed by atoms with Gasteiger partial charge in [0.25, 0.3) is 0 Å². The summed E-state index contributed by atoms with van der Waals surface area (Å²) in [5.41, 5.74) is 2.36. The zero-order valence-corrected chi connectivity index (χ0v) is 15.0. The van der Waals surface area contributed by atoms with Gasteiger partial charge in [0.1, 0.15) is 12.1 Å². The molecule has 2 aromatic carbocycles. The van der Waals surface area contributed by atoms with Gasteiger partial charge in [-0.25, -0.2) is 9.97 Å². The molecule has 0 amide bonds. The number of para-hydroxylation sites is 1. The van der Waals surface area contributed by atoms with Gasteiger partial charge in [0.15, 0.2) is 0 Å². The van der Waals surface area contributed by atoms with Crippen molar-refractivity contribution in [1.29, 1.82) is 0 Å². The van der Waals surface area contributed by atoms with Crippen molar-refractivity contribution in [3.05, 3.63) is 60.4 Å². The van der Waals surface area contributed by atoms with Crippen LogP contribution in [0, 0.1) is 0 Å². The van der Waals surface area contributed by atoms with Crippen LogP contribution < -0.4 is 9.47 Å². The van der Waals surface area contributed by atoms with E-state index in [1.807, 2.05) is 36.4 Å². The van der Waals surface area contributed by atoms with E-state index in [-0.39, 0.29) is 5.41 Å². The minimum atomic E-state index is 0.159. The summed E-state index contributed by atoms with van der Waals surface area (Å²) in [5, 5.41) is 0.934. The largest absolute Gasteiger partial charge is 0.493 e. The first-order chi connectivity index (χ1) is 12.0. The number of benzene rings is 2. The summed E-state index contributed by atoms with van der Waals surface area (Å²) >= 11 is 0. The Balaban J connectivity index is 1.47. The molecule has 0 saturated heterocycles. The van der Waals surface area contributed by atoms with Crippen LogP contribution in [-0.4, -0.2) is 23.2 Å². The van der Waals surface area contributed by atoms with Crippen molar-refractivity contribution in [2.75, 3.05) is 13.2 Å². The zero-order chi connectivity index (χ0) is 17.7.